The summed E-state index contributed by atoms with van der Waals surface area (Å²) in [6.45, 7) is 5.88. The van der Waals surface area contributed by atoms with Crippen molar-refractivity contribution >= 4 is 5.97 Å². The molecule has 0 aromatic heterocycles. The Morgan fingerprint density at radius 2 is 2.20 bits per heavy atom. The third-order valence-electron chi connectivity index (χ3n) is 2.71. The zero-order valence-electron chi connectivity index (χ0n) is 9.31. The van der Waals surface area contributed by atoms with Gasteiger partial charge in [0.05, 0.1) is 6.10 Å². The minimum Gasteiger partial charge on any atom is -0.478 e. The van der Waals surface area contributed by atoms with Crippen molar-refractivity contribution in [1.82, 2.24) is 4.90 Å². The predicted octanol–water partition coefficient (Wildman–Crippen LogP) is 0.720. The van der Waals surface area contributed by atoms with Crippen LogP contribution in [0.15, 0.2) is 11.6 Å². The topological polar surface area (TPSA) is 60.8 Å². The summed E-state index contributed by atoms with van der Waals surface area (Å²) in [5, 5.41) is 18.2. The van der Waals surface area contributed by atoms with Gasteiger partial charge in [-0.3, -0.25) is 4.90 Å². The number of hydrogen-bond acceptors (Lipinski definition) is 3. The largest absolute Gasteiger partial charge is 0.478 e. The third-order valence-corrected chi connectivity index (χ3v) is 2.71. The standard InChI is InChI=1S/C11H19NO3/c1-8-5-10(13)7-12(6-8)4-3-9(2)11(14)15/h3,8,10,13H,4-7H2,1-2H3,(H,14,15). The van der Waals surface area contributed by atoms with Crippen LogP contribution in [0.4, 0.5) is 0 Å². The quantitative estimate of drug-likeness (QED) is 0.678. The Morgan fingerprint density at radius 1 is 1.53 bits per heavy atom. The highest BCUT2D eigenvalue weighted by Crippen LogP contribution is 2.15. The molecule has 2 unspecified atom stereocenters. The second-order valence-electron chi connectivity index (χ2n) is 4.41. The van der Waals surface area contributed by atoms with Crippen molar-refractivity contribution in [3.8, 4) is 0 Å². The van der Waals surface area contributed by atoms with E-state index in [1.54, 1.807) is 13.0 Å². The van der Waals surface area contributed by atoms with E-state index in [1.165, 1.54) is 0 Å². The number of piperidine rings is 1. The first-order chi connectivity index (χ1) is 6.99. The lowest BCUT2D eigenvalue weighted by molar-refractivity contribution is -0.132. The van der Waals surface area contributed by atoms with E-state index in [4.69, 9.17) is 5.11 Å². The Labute approximate surface area is 90.2 Å². The molecule has 1 fully saturated rings. The zero-order valence-corrected chi connectivity index (χ0v) is 9.31. The van der Waals surface area contributed by atoms with Gasteiger partial charge in [0.2, 0.25) is 0 Å². The molecule has 1 rings (SSSR count). The minimum atomic E-state index is -0.874. The SMILES string of the molecule is CC(=CCN1CC(C)CC(O)C1)C(=O)O. The predicted molar refractivity (Wildman–Crippen MR) is 57.6 cm³/mol. The number of carboxylic acid groups (broad SMARTS) is 1. The Hall–Kier alpha value is -0.870. The third kappa shape index (κ3) is 4.01. The summed E-state index contributed by atoms with van der Waals surface area (Å²) in [5.74, 6) is -0.395. The van der Waals surface area contributed by atoms with Gasteiger partial charge in [0.25, 0.3) is 0 Å². The van der Waals surface area contributed by atoms with Crippen LogP contribution in [0.25, 0.3) is 0 Å². The molecule has 0 bridgehead atoms. The van der Waals surface area contributed by atoms with Gasteiger partial charge in [0, 0.05) is 25.2 Å². The number of hydrogen-bond donors (Lipinski definition) is 2. The lowest BCUT2D eigenvalue weighted by Gasteiger charge is -2.33. The van der Waals surface area contributed by atoms with Crippen LogP contribution in [0.1, 0.15) is 20.3 Å². The van der Waals surface area contributed by atoms with E-state index < -0.39 is 5.97 Å². The van der Waals surface area contributed by atoms with Gasteiger partial charge < -0.3 is 10.2 Å². The van der Waals surface area contributed by atoms with Crippen LogP contribution in [0.3, 0.4) is 0 Å². The number of β-amino-alcohol motifs (C(OH)–C–C–N with tert-alkyl or cyclic N) is 1. The summed E-state index contributed by atoms with van der Waals surface area (Å²) in [4.78, 5) is 12.7. The minimum absolute atomic E-state index is 0.271. The molecule has 86 valence electrons. The second-order valence-corrected chi connectivity index (χ2v) is 4.41. The first-order valence-electron chi connectivity index (χ1n) is 5.29. The fourth-order valence-corrected chi connectivity index (χ4v) is 1.93. The highest BCUT2D eigenvalue weighted by atomic mass is 16.4. The van der Waals surface area contributed by atoms with Gasteiger partial charge in [-0.05, 0) is 19.3 Å². The van der Waals surface area contributed by atoms with Crippen LogP contribution >= 0.6 is 0 Å². The van der Waals surface area contributed by atoms with Crippen LogP contribution in [0.5, 0.6) is 0 Å². The maximum atomic E-state index is 10.6. The van der Waals surface area contributed by atoms with Gasteiger partial charge in [-0.1, -0.05) is 13.0 Å². The molecule has 4 heteroatoms. The molecule has 0 spiro atoms. The van der Waals surface area contributed by atoms with Crippen molar-refractivity contribution in [1.29, 1.82) is 0 Å². The van der Waals surface area contributed by atoms with E-state index in [0.29, 0.717) is 24.6 Å². The van der Waals surface area contributed by atoms with Gasteiger partial charge >= 0.3 is 5.97 Å². The van der Waals surface area contributed by atoms with Gasteiger partial charge in [-0.25, -0.2) is 4.79 Å². The van der Waals surface area contributed by atoms with E-state index in [9.17, 15) is 9.90 Å². The number of rotatable bonds is 3. The van der Waals surface area contributed by atoms with E-state index in [2.05, 4.69) is 11.8 Å². The fourth-order valence-electron chi connectivity index (χ4n) is 1.93. The monoisotopic (exact) mass is 213 g/mol. The Bertz CT molecular complexity index is 253. The van der Waals surface area contributed by atoms with Gasteiger partial charge in [-0.2, -0.15) is 0 Å². The smallest absolute Gasteiger partial charge is 0.330 e. The summed E-state index contributed by atoms with van der Waals surface area (Å²) in [6.07, 6.45) is 2.28. The molecular weight excluding hydrogens is 194 g/mol. The number of aliphatic carboxylic acids is 1. The number of likely N-dealkylation sites (tertiary alicyclic amines) is 1. The van der Waals surface area contributed by atoms with Crippen molar-refractivity contribution in [3.63, 3.8) is 0 Å². The maximum Gasteiger partial charge on any atom is 0.330 e. The van der Waals surface area contributed by atoms with Crippen LogP contribution in [0, 0.1) is 5.92 Å². The maximum absolute atomic E-state index is 10.6. The average molecular weight is 213 g/mol. The molecule has 0 amide bonds. The van der Waals surface area contributed by atoms with Crippen molar-refractivity contribution in [3.05, 3.63) is 11.6 Å². The van der Waals surface area contributed by atoms with Gasteiger partial charge in [0.1, 0.15) is 0 Å². The number of aliphatic hydroxyl groups is 1. The number of carboxylic acids is 1. The molecule has 1 heterocycles. The molecule has 2 atom stereocenters. The first kappa shape index (κ1) is 12.2. The Kier molecular flexibility index (Phi) is 4.29. The second kappa shape index (κ2) is 5.28. The molecule has 1 aliphatic heterocycles. The van der Waals surface area contributed by atoms with Crippen molar-refractivity contribution in [2.24, 2.45) is 5.92 Å². The van der Waals surface area contributed by atoms with Crippen molar-refractivity contribution in [2.45, 2.75) is 26.4 Å². The molecule has 0 aromatic carbocycles. The lowest BCUT2D eigenvalue weighted by atomic mass is 9.98. The molecule has 0 aliphatic carbocycles. The van der Waals surface area contributed by atoms with Crippen LogP contribution < -0.4 is 0 Å². The van der Waals surface area contributed by atoms with E-state index >= 15 is 0 Å². The Morgan fingerprint density at radius 3 is 2.73 bits per heavy atom. The molecule has 4 nitrogen and oxygen atoms in total. The highest BCUT2D eigenvalue weighted by Gasteiger charge is 2.22. The summed E-state index contributed by atoms with van der Waals surface area (Å²) in [7, 11) is 0. The first-order valence-corrected chi connectivity index (χ1v) is 5.29. The fraction of sp³-hybridized carbons (Fsp3) is 0.727. The summed E-state index contributed by atoms with van der Waals surface area (Å²) in [5.41, 5.74) is 0.364. The molecule has 0 saturated carbocycles. The van der Waals surface area contributed by atoms with Gasteiger partial charge in [0.15, 0.2) is 0 Å². The van der Waals surface area contributed by atoms with E-state index in [-0.39, 0.29) is 6.10 Å². The highest BCUT2D eigenvalue weighted by molar-refractivity contribution is 5.85. The number of carbonyl (C=O) groups is 1. The van der Waals surface area contributed by atoms with E-state index in [1.807, 2.05) is 0 Å². The molecular formula is C11H19NO3. The van der Waals surface area contributed by atoms with E-state index in [0.717, 1.165) is 13.0 Å². The molecule has 15 heavy (non-hydrogen) atoms. The normalized spacial score (nSPS) is 29.1. The van der Waals surface area contributed by atoms with Crippen LogP contribution in [0.2, 0.25) is 0 Å². The molecule has 1 aliphatic rings. The van der Waals surface area contributed by atoms with Crippen molar-refractivity contribution < 1.29 is 15.0 Å². The van der Waals surface area contributed by atoms with Gasteiger partial charge in [-0.15, -0.1) is 0 Å². The summed E-state index contributed by atoms with van der Waals surface area (Å²) >= 11 is 0. The van der Waals surface area contributed by atoms with Crippen LogP contribution in [-0.2, 0) is 4.79 Å². The number of nitrogens with zero attached hydrogens (tertiary/aromatic N) is 1. The lowest BCUT2D eigenvalue weighted by Crippen LogP contribution is -2.42. The summed E-state index contributed by atoms with van der Waals surface area (Å²) in [6, 6.07) is 0. The van der Waals surface area contributed by atoms with Crippen molar-refractivity contribution in [2.75, 3.05) is 19.6 Å². The molecule has 0 aromatic rings. The zero-order chi connectivity index (χ0) is 11.4. The molecule has 2 N–H and O–H groups in total. The summed E-state index contributed by atoms with van der Waals surface area (Å²) < 4.78 is 0. The van der Waals surface area contributed by atoms with Crippen LogP contribution in [-0.4, -0.2) is 46.8 Å². The number of aliphatic hydroxyl groups excluding tert-OH is 1. The Balaban J connectivity index is 2.45. The molecule has 1 saturated heterocycles. The molecule has 0 radical (unpaired) electrons. The average Bonchev–Trinajstić information content (AvgIpc) is 2.12.